The van der Waals surface area contributed by atoms with E-state index < -0.39 is 11.6 Å². The van der Waals surface area contributed by atoms with Crippen LogP contribution in [-0.4, -0.2) is 17.5 Å². The number of anilines is 1. The van der Waals surface area contributed by atoms with E-state index in [1.807, 2.05) is 0 Å². The fraction of sp³-hybridized carbons (Fsp3) is 0.231. The lowest BCUT2D eigenvalue weighted by Gasteiger charge is -2.12. The van der Waals surface area contributed by atoms with Gasteiger partial charge in [0.1, 0.15) is 17.4 Å². The minimum Gasteiger partial charge on any atom is -0.507 e. The molecule has 0 radical (unpaired) electrons. The molecule has 3 rings (SSSR count). The van der Waals surface area contributed by atoms with Gasteiger partial charge in [0.05, 0.1) is 5.39 Å². The monoisotopic (exact) mass is 269 g/mol. The van der Waals surface area contributed by atoms with Gasteiger partial charge in [-0.05, 0) is 17.7 Å². The van der Waals surface area contributed by atoms with Crippen LogP contribution >= 0.6 is 11.6 Å². The molecule has 18 heavy (non-hydrogen) atoms. The Morgan fingerprint density at radius 3 is 2.61 bits per heavy atom. The Balaban J connectivity index is 2.47. The minimum atomic E-state index is -0.632. The van der Waals surface area contributed by atoms with Crippen molar-refractivity contribution in [2.75, 3.05) is 17.7 Å². The Morgan fingerprint density at radius 2 is 1.94 bits per heavy atom. The number of phenols is 1. The van der Waals surface area contributed by atoms with Crippen LogP contribution in [0.15, 0.2) is 18.2 Å². The first kappa shape index (κ1) is 11.5. The normalized spacial score (nSPS) is 17.8. The topological polar surface area (TPSA) is 32.3 Å². The van der Waals surface area contributed by atoms with Gasteiger partial charge in [0.15, 0.2) is 0 Å². The van der Waals surface area contributed by atoms with Gasteiger partial charge in [0.25, 0.3) is 0 Å². The molecule has 0 aliphatic carbocycles. The van der Waals surface area contributed by atoms with Gasteiger partial charge in [-0.3, -0.25) is 0 Å². The summed E-state index contributed by atoms with van der Waals surface area (Å²) in [5.74, 6) is -1.20. The molecular weight excluding hydrogens is 260 g/mol. The highest BCUT2D eigenvalue weighted by molar-refractivity contribution is 6.18. The third kappa shape index (κ3) is 1.45. The quantitative estimate of drug-likeness (QED) is 0.776. The Hall–Kier alpha value is -1.55. The van der Waals surface area contributed by atoms with Crippen LogP contribution in [0.2, 0.25) is 0 Å². The molecule has 1 aliphatic heterocycles. The van der Waals surface area contributed by atoms with Gasteiger partial charge >= 0.3 is 0 Å². The smallest absolute Gasteiger partial charge is 0.134 e. The molecule has 2 N–H and O–H groups in total. The number of alkyl halides is 1. The van der Waals surface area contributed by atoms with Crippen molar-refractivity contribution in [2.24, 2.45) is 0 Å². The molecule has 0 bridgehead atoms. The van der Waals surface area contributed by atoms with Crippen molar-refractivity contribution in [1.29, 1.82) is 0 Å². The summed E-state index contributed by atoms with van der Waals surface area (Å²) in [5.41, 5.74) is 1.27. The van der Waals surface area contributed by atoms with E-state index in [-0.39, 0.29) is 22.4 Å². The van der Waals surface area contributed by atoms with E-state index in [2.05, 4.69) is 5.32 Å². The summed E-state index contributed by atoms with van der Waals surface area (Å²) in [6, 6.07) is 3.51. The molecule has 0 saturated carbocycles. The zero-order valence-corrected chi connectivity index (χ0v) is 10.1. The zero-order chi connectivity index (χ0) is 12.9. The number of halogens is 3. The number of nitrogens with one attached hydrogen (secondary N) is 1. The Labute approximate surface area is 107 Å². The summed E-state index contributed by atoms with van der Waals surface area (Å²) in [5, 5.41) is 12.9. The fourth-order valence-electron chi connectivity index (χ4n) is 2.52. The first-order chi connectivity index (χ1) is 8.63. The van der Waals surface area contributed by atoms with Crippen molar-refractivity contribution in [1.82, 2.24) is 0 Å². The summed E-state index contributed by atoms with van der Waals surface area (Å²) >= 11 is 5.85. The summed E-state index contributed by atoms with van der Waals surface area (Å²) in [4.78, 5) is 0. The fourth-order valence-corrected chi connectivity index (χ4v) is 2.79. The van der Waals surface area contributed by atoms with Crippen LogP contribution in [0, 0.1) is 11.6 Å². The van der Waals surface area contributed by atoms with Crippen molar-refractivity contribution >= 4 is 28.1 Å². The molecule has 94 valence electrons. The average Bonchev–Trinajstić information content (AvgIpc) is 2.75. The molecule has 0 fully saturated rings. The molecule has 1 atom stereocenters. The van der Waals surface area contributed by atoms with Crippen molar-refractivity contribution < 1.29 is 13.9 Å². The van der Waals surface area contributed by atoms with Crippen LogP contribution in [0.5, 0.6) is 5.75 Å². The second-order valence-corrected chi connectivity index (χ2v) is 4.68. The molecule has 2 aromatic rings. The van der Waals surface area contributed by atoms with Crippen LogP contribution in [0.1, 0.15) is 11.5 Å². The molecule has 0 spiro atoms. The minimum absolute atomic E-state index is 0.0763. The number of benzene rings is 2. The number of hydrogen-bond donors (Lipinski definition) is 2. The van der Waals surface area contributed by atoms with Crippen LogP contribution in [0.25, 0.3) is 10.8 Å². The predicted octanol–water partition coefficient (Wildman–Crippen LogP) is 3.57. The standard InChI is InChI=1S/C13H10ClF2NO/c14-4-6-5-17-9-3-10(18)12-7(15)1-2-8(16)13(12)11(6)9/h1-3,6,17-18H,4-5H2/t6-/m1/s1. The molecule has 5 heteroatoms. The highest BCUT2D eigenvalue weighted by Crippen LogP contribution is 2.43. The second-order valence-electron chi connectivity index (χ2n) is 4.37. The molecule has 0 amide bonds. The Morgan fingerprint density at radius 1 is 1.28 bits per heavy atom. The van der Waals surface area contributed by atoms with Gasteiger partial charge in [-0.2, -0.15) is 0 Å². The lowest BCUT2D eigenvalue weighted by Crippen LogP contribution is -2.03. The lowest BCUT2D eigenvalue weighted by molar-refractivity contribution is 0.478. The summed E-state index contributed by atoms with van der Waals surface area (Å²) in [6.45, 7) is 0.563. The number of hydrogen-bond acceptors (Lipinski definition) is 2. The number of aromatic hydroxyl groups is 1. The van der Waals surface area contributed by atoms with E-state index in [0.717, 1.165) is 12.1 Å². The predicted molar refractivity (Wildman–Crippen MR) is 67.5 cm³/mol. The molecule has 2 aromatic carbocycles. The second kappa shape index (κ2) is 3.99. The molecule has 0 saturated heterocycles. The van der Waals surface area contributed by atoms with Gasteiger partial charge in [0, 0.05) is 35.5 Å². The van der Waals surface area contributed by atoms with E-state index in [9.17, 15) is 13.9 Å². The van der Waals surface area contributed by atoms with Crippen molar-refractivity contribution in [3.8, 4) is 5.75 Å². The van der Waals surface area contributed by atoms with Gasteiger partial charge in [0.2, 0.25) is 0 Å². The largest absolute Gasteiger partial charge is 0.507 e. The highest BCUT2D eigenvalue weighted by Gasteiger charge is 2.28. The molecule has 1 heterocycles. The molecule has 0 aromatic heterocycles. The van der Waals surface area contributed by atoms with E-state index in [1.54, 1.807) is 0 Å². The third-order valence-corrected chi connectivity index (χ3v) is 3.71. The zero-order valence-electron chi connectivity index (χ0n) is 9.30. The van der Waals surface area contributed by atoms with Crippen LogP contribution in [-0.2, 0) is 0 Å². The summed E-state index contributed by atoms with van der Waals surface area (Å²) in [6.07, 6.45) is 0. The average molecular weight is 270 g/mol. The lowest BCUT2D eigenvalue weighted by atomic mass is 9.95. The maximum atomic E-state index is 14.0. The van der Waals surface area contributed by atoms with Gasteiger partial charge in [-0.1, -0.05) is 0 Å². The number of fused-ring (bicyclic) bond motifs is 3. The van der Waals surface area contributed by atoms with E-state index in [4.69, 9.17) is 11.6 Å². The van der Waals surface area contributed by atoms with Crippen molar-refractivity contribution in [3.05, 3.63) is 35.4 Å². The van der Waals surface area contributed by atoms with Gasteiger partial charge in [-0.15, -0.1) is 11.6 Å². The highest BCUT2D eigenvalue weighted by atomic mass is 35.5. The van der Waals surface area contributed by atoms with Crippen LogP contribution in [0.4, 0.5) is 14.5 Å². The number of rotatable bonds is 1. The van der Waals surface area contributed by atoms with Crippen LogP contribution in [0.3, 0.4) is 0 Å². The molecule has 0 unspecified atom stereocenters. The maximum Gasteiger partial charge on any atom is 0.134 e. The maximum absolute atomic E-state index is 14.0. The third-order valence-electron chi connectivity index (χ3n) is 3.33. The van der Waals surface area contributed by atoms with E-state index in [1.165, 1.54) is 6.07 Å². The Bertz CT molecular complexity index is 645. The summed E-state index contributed by atoms with van der Waals surface area (Å²) in [7, 11) is 0. The summed E-state index contributed by atoms with van der Waals surface area (Å²) < 4.78 is 27.7. The van der Waals surface area contributed by atoms with Gasteiger partial charge < -0.3 is 10.4 Å². The van der Waals surface area contributed by atoms with Crippen LogP contribution < -0.4 is 5.32 Å². The first-order valence-electron chi connectivity index (χ1n) is 5.57. The van der Waals surface area contributed by atoms with E-state index in [0.29, 0.717) is 23.7 Å². The van der Waals surface area contributed by atoms with Gasteiger partial charge in [-0.25, -0.2) is 8.78 Å². The van der Waals surface area contributed by atoms with Crippen molar-refractivity contribution in [2.45, 2.75) is 5.92 Å². The molecule has 2 nitrogen and oxygen atoms in total. The first-order valence-corrected chi connectivity index (χ1v) is 6.10. The Kier molecular flexibility index (Phi) is 2.55. The van der Waals surface area contributed by atoms with Crippen molar-refractivity contribution in [3.63, 3.8) is 0 Å². The van der Waals surface area contributed by atoms with E-state index >= 15 is 0 Å². The number of phenolic OH excluding ortho intramolecular Hbond substituents is 1. The molecular formula is C13H10ClF2NO. The SMILES string of the molecule is Oc1cc2c(c3c(F)ccc(F)c13)[C@H](CCl)CN2. The molecule has 1 aliphatic rings.